The molecular formula is C22H24N2O3. The van der Waals surface area contributed by atoms with E-state index in [1.54, 1.807) is 11.0 Å². The van der Waals surface area contributed by atoms with Gasteiger partial charge in [0.1, 0.15) is 5.75 Å². The highest BCUT2D eigenvalue weighted by Crippen LogP contribution is 2.28. The molecule has 0 spiro atoms. The van der Waals surface area contributed by atoms with Gasteiger partial charge >= 0.3 is 0 Å². The second-order valence-electron chi connectivity index (χ2n) is 7.34. The number of amides is 2. The van der Waals surface area contributed by atoms with Crippen molar-refractivity contribution in [2.75, 3.05) is 11.4 Å². The smallest absolute Gasteiger partial charge is 0.255 e. The first kappa shape index (κ1) is 17.6. The van der Waals surface area contributed by atoms with Crippen molar-refractivity contribution < 1.29 is 14.7 Å². The third kappa shape index (κ3) is 3.68. The first-order valence-corrected chi connectivity index (χ1v) is 9.64. The van der Waals surface area contributed by atoms with Gasteiger partial charge in [0.2, 0.25) is 5.91 Å². The summed E-state index contributed by atoms with van der Waals surface area (Å²) in [6, 6.07) is 11.3. The molecule has 4 rings (SSSR count). The number of anilines is 1. The summed E-state index contributed by atoms with van der Waals surface area (Å²) in [6.45, 7) is 1.15. The summed E-state index contributed by atoms with van der Waals surface area (Å²) in [5, 5.41) is 13.1. The maximum atomic E-state index is 12.5. The number of carbonyl (C=O) groups is 2. The van der Waals surface area contributed by atoms with Crippen LogP contribution in [0.4, 0.5) is 5.69 Å². The average molecular weight is 364 g/mol. The molecule has 2 aromatic carbocycles. The number of phenolic OH excluding ortho intramolecular Hbond substituents is 1. The molecule has 1 heterocycles. The lowest BCUT2D eigenvalue weighted by molar-refractivity contribution is -0.117. The Balaban J connectivity index is 1.41. The van der Waals surface area contributed by atoms with Gasteiger partial charge in [-0.2, -0.15) is 0 Å². The molecule has 0 atom stereocenters. The van der Waals surface area contributed by atoms with Gasteiger partial charge in [-0.05, 0) is 73.1 Å². The van der Waals surface area contributed by atoms with E-state index >= 15 is 0 Å². The molecule has 5 heteroatoms. The van der Waals surface area contributed by atoms with Gasteiger partial charge in [-0.3, -0.25) is 9.59 Å². The molecule has 2 aliphatic rings. The van der Waals surface area contributed by atoms with E-state index < -0.39 is 0 Å². The van der Waals surface area contributed by atoms with Crippen molar-refractivity contribution in [3.63, 3.8) is 0 Å². The Morgan fingerprint density at radius 2 is 1.70 bits per heavy atom. The molecule has 1 fully saturated rings. The third-order valence-electron chi connectivity index (χ3n) is 5.48. The fourth-order valence-electron chi connectivity index (χ4n) is 3.95. The van der Waals surface area contributed by atoms with Crippen LogP contribution < -0.4 is 10.2 Å². The van der Waals surface area contributed by atoms with Crippen LogP contribution in [0.15, 0.2) is 36.4 Å². The van der Waals surface area contributed by atoms with Crippen LogP contribution in [0.1, 0.15) is 52.7 Å². The molecule has 2 N–H and O–H groups in total. The fourth-order valence-corrected chi connectivity index (χ4v) is 3.95. The number of aryl methyl sites for hydroxylation is 2. The van der Waals surface area contributed by atoms with Gasteiger partial charge in [-0.15, -0.1) is 0 Å². The summed E-state index contributed by atoms with van der Waals surface area (Å²) < 4.78 is 0. The lowest BCUT2D eigenvalue weighted by Gasteiger charge is -2.18. The highest BCUT2D eigenvalue weighted by atomic mass is 16.3. The molecule has 1 saturated heterocycles. The first-order chi connectivity index (χ1) is 13.1. The van der Waals surface area contributed by atoms with Gasteiger partial charge in [-0.1, -0.05) is 12.1 Å². The molecule has 27 heavy (non-hydrogen) atoms. The summed E-state index contributed by atoms with van der Waals surface area (Å²) in [6.07, 6.45) is 5.72. The number of aromatic hydroxyl groups is 1. The van der Waals surface area contributed by atoms with Crippen LogP contribution in [0.2, 0.25) is 0 Å². The molecule has 0 saturated carbocycles. The Morgan fingerprint density at radius 3 is 2.37 bits per heavy atom. The van der Waals surface area contributed by atoms with Crippen molar-refractivity contribution in [3.05, 3.63) is 58.7 Å². The molecule has 2 aromatic rings. The largest absolute Gasteiger partial charge is 0.507 e. The van der Waals surface area contributed by atoms with Gasteiger partial charge in [0, 0.05) is 25.2 Å². The lowest BCUT2D eigenvalue weighted by atomic mass is 9.90. The van der Waals surface area contributed by atoms with Crippen molar-refractivity contribution in [1.29, 1.82) is 0 Å². The Hall–Kier alpha value is -2.82. The number of nitrogens with one attached hydrogen (secondary N) is 1. The van der Waals surface area contributed by atoms with Crippen LogP contribution in [-0.4, -0.2) is 23.5 Å². The Kier molecular flexibility index (Phi) is 4.84. The molecule has 0 radical (unpaired) electrons. The summed E-state index contributed by atoms with van der Waals surface area (Å²) in [5.74, 6) is -0.0466. The third-order valence-corrected chi connectivity index (χ3v) is 5.48. The van der Waals surface area contributed by atoms with E-state index in [0.29, 0.717) is 18.5 Å². The average Bonchev–Trinajstić information content (AvgIpc) is 3.12. The number of hydrogen-bond acceptors (Lipinski definition) is 3. The maximum absolute atomic E-state index is 12.5. The van der Waals surface area contributed by atoms with Gasteiger partial charge in [0.25, 0.3) is 5.91 Å². The summed E-state index contributed by atoms with van der Waals surface area (Å²) in [4.78, 5) is 26.1. The first-order valence-electron chi connectivity index (χ1n) is 9.64. The summed E-state index contributed by atoms with van der Waals surface area (Å²) >= 11 is 0. The fraction of sp³-hybridized carbons (Fsp3) is 0.364. The van der Waals surface area contributed by atoms with Crippen molar-refractivity contribution in [3.8, 4) is 5.75 Å². The summed E-state index contributed by atoms with van der Waals surface area (Å²) in [5.41, 5.74) is 4.53. The quantitative estimate of drug-likeness (QED) is 0.874. The maximum Gasteiger partial charge on any atom is 0.255 e. The Morgan fingerprint density at radius 1 is 1.00 bits per heavy atom. The number of hydrogen-bond donors (Lipinski definition) is 2. The monoisotopic (exact) mass is 364 g/mol. The normalized spacial score (nSPS) is 16.3. The van der Waals surface area contributed by atoms with E-state index in [2.05, 4.69) is 5.32 Å². The van der Waals surface area contributed by atoms with Crippen molar-refractivity contribution >= 4 is 17.5 Å². The molecule has 1 aliphatic carbocycles. The van der Waals surface area contributed by atoms with Crippen LogP contribution in [-0.2, 0) is 24.2 Å². The Bertz CT molecular complexity index is 874. The van der Waals surface area contributed by atoms with E-state index in [-0.39, 0.29) is 17.6 Å². The zero-order valence-corrected chi connectivity index (χ0v) is 15.3. The number of benzene rings is 2. The molecule has 0 unspecified atom stereocenters. The predicted molar refractivity (Wildman–Crippen MR) is 104 cm³/mol. The molecule has 0 aromatic heterocycles. The topological polar surface area (TPSA) is 69.6 Å². The predicted octanol–water partition coefficient (Wildman–Crippen LogP) is 3.33. The number of nitrogens with zero attached hydrogens (tertiary/aromatic N) is 1. The molecule has 5 nitrogen and oxygen atoms in total. The van der Waals surface area contributed by atoms with Gasteiger partial charge in [0.05, 0.1) is 5.56 Å². The minimum Gasteiger partial charge on any atom is -0.507 e. The standard InChI is InChI=1S/C22H24N2O3/c25-20-13-17-5-2-1-4-16(17)12-19(20)22(27)23-14-15-7-9-18(10-8-15)24-11-3-6-21(24)26/h7-10,12-13,25H,1-6,11,14H2,(H,23,27). The number of fused-ring (bicyclic) bond motifs is 1. The summed E-state index contributed by atoms with van der Waals surface area (Å²) in [7, 11) is 0. The second kappa shape index (κ2) is 7.43. The highest BCUT2D eigenvalue weighted by molar-refractivity contribution is 5.97. The molecule has 2 amide bonds. The van der Waals surface area contributed by atoms with Crippen molar-refractivity contribution in [2.45, 2.75) is 45.1 Å². The van der Waals surface area contributed by atoms with Crippen LogP contribution in [0.3, 0.4) is 0 Å². The minimum atomic E-state index is -0.264. The van der Waals surface area contributed by atoms with E-state index in [9.17, 15) is 14.7 Å². The van der Waals surface area contributed by atoms with Crippen LogP contribution in [0.25, 0.3) is 0 Å². The molecule has 1 aliphatic heterocycles. The van der Waals surface area contributed by atoms with Gasteiger partial charge in [-0.25, -0.2) is 0 Å². The molecule has 140 valence electrons. The van der Waals surface area contributed by atoms with Crippen LogP contribution in [0.5, 0.6) is 5.75 Å². The minimum absolute atomic E-state index is 0.0519. The van der Waals surface area contributed by atoms with Crippen molar-refractivity contribution in [2.24, 2.45) is 0 Å². The van der Waals surface area contributed by atoms with E-state index in [4.69, 9.17) is 0 Å². The van der Waals surface area contributed by atoms with Gasteiger partial charge in [0.15, 0.2) is 0 Å². The van der Waals surface area contributed by atoms with E-state index in [1.165, 1.54) is 5.56 Å². The van der Waals surface area contributed by atoms with Gasteiger partial charge < -0.3 is 15.3 Å². The zero-order valence-electron chi connectivity index (χ0n) is 15.3. The number of carbonyl (C=O) groups excluding carboxylic acids is 2. The Labute approximate surface area is 159 Å². The zero-order chi connectivity index (χ0) is 18.8. The number of phenols is 1. The highest BCUT2D eigenvalue weighted by Gasteiger charge is 2.21. The SMILES string of the molecule is O=C(NCc1ccc(N2CCCC2=O)cc1)c1cc2c(cc1O)CCCC2. The van der Waals surface area contributed by atoms with Crippen LogP contribution in [0, 0.1) is 0 Å². The molecular weight excluding hydrogens is 340 g/mol. The van der Waals surface area contributed by atoms with Crippen LogP contribution >= 0.6 is 0 Å². The lowest BCUT2D eigenvalue weighted by Crippen LogP contribution is -2.24. The molecule has 0 bridgehead atoms. The van der Waals surface area contributed by atoms with E-state index in [0.717, 1.165) is 55.5 Å². The second-order valence-corrected chi connectivity index (χ2v) is 7.34. The van der Waals surface area contributed by atoms with Crippen molar-refractivity contribution in [1.82, 2.24) is 5.32 Å². The van der Waals surface area contributed by atoms with E-state index in [1.807, 2.05) is 30.3 Å². The number of rotatable bonds is 4.